The van der Waals surface area contributed by atoms with E-state index in [1.165, 1.54) is 19.5 Å². The molecule has 0 atom stereocenters. The van der Waals surface area contributed by atoms with Crippen molar-refractivity contribution in [3.8, 4) is 0 Å². The quantitative estimate of drug-likeness (QED) is 0.598. The van der Waals surface area contributed by atoms with Crippen LogP contribution in [0.4, 0.5) is 0 Å². The lowest BCUT2D eigenvalue weighted by molar-refractivity contribution is -0.134. The molecule has 5 heteroatoms. The third kappa shape index (κ3) is 4.52. The average Bonchev–Trinajstić information content (AvgIpc) is 2.31. The van der Waals surface area contributed by atoms with Crippen LogP contribution < -0.4 is 5.32 Å². The van der Waals surface area contributed by atoms with Crippen molar-refractivity contribution < 1.29 is 14.3 Å². The van der Waals surface area contributed by atoms with Gasteiger partial charge in [-0.2, -0.15) is 0 Å². The standard InChI is InChI=1S/C15H28N2O3/c1-3-14-9-17(10-14)4-5-19-6-7-20-15(8-13(2)18)11-16-12-15/h14,16H,3-12H2,1-2H3. The van der Waals surface area contributed by atoms with E-state index in [0.29, 0.717) is 19.6 Å². The smallest absolute Gasteiger partial charge is 0.132 e. The van der Waals surface area contributed by atoms with E-state index in [1.807, 2.05) is 0 Å². The molecule has 0 radical (unpaired) electrons. The minimum Gasteiger partial charge on any atom is -0.378 e. The number of nitrogens with one attached hydrogen (secondary N) is 1. The summed E-state index contributed by atoms with van der Waals surface area (Å²) >= 11 is 0. The Bertz CT molecular complexity index is 312. The summed E-state index contributed by atoms with van der Waals surface area (Å²) in [6.45, 7) is 10.9. The summed E-state index contributed by atoms with van der Waals surface area (Å²) in [5.74, 6) is 1.09. The zero-order valence-corrected chi connectivity index (χ0v) is 12.8. The lowest BCUT2D eigenvalue weighted by Gasteiger charge is -2.41. The zero-order chi connectivity index (χ0) is 14.4. The first-order valence-electron chi connectivity index (χ1n) is 7.78. The number of rotatable bonds is 10. The third-order valence-corrected chi connectivity index (χ3v) is 4.26. The zero-order valence-electron chi connectivity index (χ0n) is 12.8. The predicted octanol–water partition coefficient (Wildman–Crippen LogP) is 0.683. The molecule has 20 heavy (non-hydrogen) atoms. The lowest BCUT2D eigenvalue weighted by Crippen LogP contribution is -2.62. The SMILES string of the molecule is CCC1CN(CCOCCOC2(CC(C)=O)CNC2)C1. The fourth-order valence-electron chi connectivity index (χ4n) is 2.87. The van der Waals surface area contributed by atoms with E-state index in [2.05, 4.69) is 17.1 Å². The molecule has 0 aliphatic carbocycles. The van der Waals surface area contributed by atoms with E-state index >= 15 is 0 Å². The Kier molecular flexibility index (Phi) is 5.96. The van der Waals surface area contributed by atoms with Crippen molar-refractivity contribution in [2.24, 2.45) is 5.92 Å². The Morgan fingerprint density at radius 3 is 2.60 bits per heavy atom. The summed E-state index contributed by atoms with van der Waals surface area (Å²) in [6, 6.07) is 0. The van der Waals surface area contributed by atoms with E-state index in [4.69, 9.17) is 9.47 Å². The fraction of sp³-hybridized carbons (Fsp3) is 0.933. The third-order valence-electron chi connectivity index (χ3n) is 4.26. The Morgan fingerprint density at radius 1 is 1.30 bits per heavy atom. The molecule has 1 N–H and O–H groups in total. The molecule has 116 valence electrons. The maximum atomic E-state index is 11.2. The number of hydrogen-bond acceptors (Lipinski definition) is 5. The maximum Gasteiger partial charge on any atom is 0.132 e. The van der Waals surface area contributed by atoms with Crippen molar-refractivity contribution in [3.63, 3.8) is 0 Å². The Hall–Kier alpha value is -0.490. The van der Waals surface area contributed by atoms with Gasteiger partial charge in [0.25, 0.3) is 0 Å². The minimum absolute atomic E-state index is 0.190. The largest absolute Gasteiger partial charge is 0.378 e. The fourth-order valence-corrected chi connectivity index (χ4v) is 2.87. The molecule has 2 rings (SSSR count). The van der Waals surface area contributed by atoms with E-state index in [9.17, 15) is 4.79 Å². The highest BCUT2D eigenvalue weighted by Gasteiger charge is 2.38. The molecule has 5 nitrogen and oxygen atoms in total. The van der Waals surface area contributed by atoms with Crippen LogP contribution in [0.3, 0.4) is 0 Å². The van der Waals surface area contributed by atoms with Crippen molar-refractivity contribution in [1.82, 2.24) is 10.2 Å². The molecular weight excluding hydrogens is 256 g/mol. The molecule has 0 aromatic carbocycles. The van der Waals surface area contributed by atoms with Gasteiger partial charge in [0, 0.05) is 39.1 Å². The number of hydrogen-bond donors (Lipinski definition) is 1. The van der Waals surface area contributed by atoms with Crippen LogP contribution in [0.5, 0.6) is 0 Å². The first kappa shape index (κ1) is 15.9. The van der Waals surface area contributed by atoms with Gasteiger partial charge in [-0.1, -0.05) is 13.3 Å². The minimum atomic E-state index is -0.263. The highest BCUT2D eigenvalue weighted by Crippen LogP contribution is 2.21. The van der Waals surface area contributed by atoms with Gasteiger partial charge in [-0.3, -0.25) is 4.79 Å². The Balaban J connectivity index is 1.46. The first-order chi connectivity index (χ1) is 9.63. The van der Waals surface area contributed by atoms with Gasteiger partial charge in [-0.15, -0.1) is 0 Å². The highest BCUT2D eigenvalue weighted by atomic mass is 16.5. The number of carbonyl (C=O) groups excluding carboxylic acids is 1. The molecule has 2 aliphatic heterocycles. The van der Waals surface area contributed by atoms with Crippen molar-refractivity contribution in [2.75, 3.05) is 52.5 Å². The Labute approximate surface area is 122 Å². The molecule has 0 unspecified atom stereocenters. The molecule has 0 bridgehead atoms. The van der Waals surface area contributed by atoms with Crippen LogP contribution in [-0.2, 0) is 14.3 Å². The van der Waals surface area contributed by atoms with Crippen LogP contribution in [-0.4, -0.2) is 68.8 Å². The van der Waals surface area contributed by atoms with Gasteiger partial charge < -0.3 is 19.7 Å². The molecule has 2 aliphatic rings. The highest BCUT2D eigenvalue weighted by molar-refractivity contribution is 5.76. The van der Waals surface area contributed by atoms with Gasteiger partial charge in [0.15, 0.2) is 0 Å². The second-order valence-electron chi connectivity index (χ2n) is 6.16. The molecule has 2 heterocycles. The van der Waals surface area contributed by atoms with Crippen molar-refractivity contribution >= 4 is 5.78 Å². The molecule has 2 fully saturated rings. The molecule has 0 spiro atoms. The van der Waals surface area contributed by atoms with Gasteiger partial charge in [0.1, 0.15) is 5.78 Å². The number of likely N-dealkylation sites (tertiary alicyclic amines) is 1. The second kappa shape index (κ2) is 7.50. The summed E-state index contributed by atoms with van der Waals surface area (Å²) in [6.07, 6.45) is 1.80. The van der Waals surface area contributed by atoms with Gasteiger partial charge in [0.05, 0.1) is 25.4 Å². The predicted molar refractivity (Wildman–Crippen MR) is 77.9 cm³/mol. The van der Waals surface area contributed by atoms with Crippen molar-refractivity contribution in [2.45, 2.75) is 32.3 Å². The molecule has 0 saturated carbocycles. The number of nitrogens with zero attached hydrogens (tertiary/aromatic N) is 1. The summed E-state index contributed by atoms with van der Waals surface area (Å²) < 4.78 is 11.4. The topological polar surface area (TPSA) is 50.8 Å². The van der Waals surface area contributed by atoms with E-state index in [-0.39, 0.29) is 11.4 Å². The number of Topliss-reactive ketones (excluding diaryl/α,β-unsaturated/α-hetero) is 1. The van der Waals surface area contributed by atoms with E-state index in [1.54, 1.807) is 6.92 Å². The van der Waals surface area contributed by atoms with Crippen molar-refractivity contribution in [1.29, 1.82) is 0 Å². The van der Waals surface area contributed by atoms with Gasteiger partial charge >= 0.3 is 0 Å². The monoisotopic (exact) mass is 284 g/mol. The van der Waals surface area contributed by atoms with E-state index < -0.39 is 0 Å². The van der Waals surface area contributed by atoms with Crippen LogP contribution in [0.2, 0.25) is 0 Å². The maximum absolute atomic E-state index is 11.2. The molecule has 2 saturated heterocycles. The van der Waals surface area contributed by atoms with Crippen molar-refractivity contribution in [3.05, 3.63) is 0 Å². The lowest BCUT2D eigenvalue weighted by atomic mass is 9.91. The normalized spacial score (nSPS) is 22.3. The molecule has 0 aromatic heterocycles. The second-order valence-corrected chi connectivity index (χ2v) is 6.16. The van der Waals surface area contributed by atoms with Gasteiger partial charge in [-0.05, 0) is 12.8 Å². The van der Waals surface area contributed by atoms with Crippen LogP contribution in [0, 0.1) is 5.92 Å². The van der Waals surface area contributed by atoms with Crippen LogP contribution >= 0.6 is 0 Å². The molecule has 0 aromatic rings. The van der Waals surface area contributed by atoms with Gasteiger partial charge in [-0.25, -0.2) is 0 Å². The summed E-state index contributed by atoms with van der Waals surface area (Å²) in [5, 5.41) is 3.17. The summed E-state index contributed by atoms with van der Waals surface area (Å²) in [7, 11) is 0. The number of carbonyl (C=O) groups is 1. The number of ketones is 1. The van der Waals surface area contributed by atoms with Crippen LogP contribution in [0.1, 0.15) is 26.7 Å². The van der Waals surface area contributed by atoms with Crippen LogP contribution in [0.15, 0.2) is 0 Å². The summed E-state index contributed by atoms with van der Waals surface area (Å²) in [4.78, 5) is 13.6. The molecular formula is C15H28N2O3. The van der Waals surface area contributed by atoms with E-state index in [0.717, 1.165) is 32.2 Å². The van der Waals surface area contributed by atoms with Crippen LogP contribution in [0.25, 0.3) is 0 Å². The summed E-state index contributed by atoms with van der Waals surface area (Å²) in [5.41, 5.74) is -0.263. The number of ether oxygens (including phenoxy) is 2. The van der Waals surface area contributed by atoms with Gasteiger partial charge in [0.2, 0.25) is 0 Å². The first-order valence-corrected chi connectivity index (χ1v) is 7.78. The molecule has 0 amide bonds. The average molecular weight is 284 g/mol. The Morgan fingerprint density at radius 2 is 2.05 bits per heavy atom.